The second kappa shape index (κ2) is 8.62. The highest BCUT2D eigenvalue weighted by atomic mass is 19.2. The molecule has 0 unspecified atom stereocenters. The molecule has 6 nitrogen and oxygen atoms in total. The van der Waals surface area contributed by atoms with Crippen molar-refractivity contribution in [2.75, 3.05) is 18.5 Å². The van der Waals surface area contributed by atoms with E-state index in [-0.39, 0.29) is 12.3 Å². The second-order valence-electron chi connectivity index (χ2n) is 6.16. The third-order valence-electron chi connectivity index (χ3n) is 4.08. The van der Waals surface area contributed by atoms with Gasteiger partial charge < -0.3 is 15.8 Å². The summed E-state index contributed by atoms with van der Waals surface area (Å²) in [5, 5.41) is 6.92. The summed E-state index contributed by atoms with van der Waals surface area (Å²) in [6, 6.07) is 10.4. The molecular formula is C20H20F2N4O2. The lowest BCUT2D eigenvalue weighted by atomic mass is 10.1. The van der Waals surface area contributed by atoms with Crippen molar-refractivity contribution < 1.29 is 18.3 Å². The van der Waals surface area contributed by atoms with Crippen molar-refractivity contribution in [3.63, 3.8) is 0 Å². The number of benzene rings is 2. The largest absolute Gasteiger partial charge is 0.492 e. The number of amides is 1. The highest BCUT2D eigenvalue weighted by molar-refractivity contribution is 5.93. The highest BCUT2D eigenvalue weighted by Gasteiger charge is 2.13. The Labute approximate surface area is 160 Å². The first-order chi connectivity index (χ1) is 13.5. The maximum absolute atomic E-state index is 13.3. The van der Waals surface area contributed by atoms with Gasteiger partial charge in [0.1, 0.15) is 12.4 Å². The molecule has 0 fully saturated rings. The molecule has 3 N–H and O–H groups in total. The lowest BCUT2D eigenvalue weighted by Crippen LogP contribution is -2.15. The fourth-order valence-corrected chi connectivity index (χ4v) is 2.78. The first kappa shape index (κ1) is 19.5. The fraction of sp³-hybridized carbons (Fsp3) is 0.200. The molecule has 0 saturated carbocycles. The number of nitrogens with one attached hydrogen (secondary N) is 1. The van der Waals surface area contributed by atoms with Crippen molar-refractivity contribution >= 4 is 11.6 Å². The van der Waals surface area contributed by atoms with Crippen molar-refractivity contribution in [2.24, 2.45) is 12.8 Å². The molecule has 0 aliphatic carbocycles. The Morgan fingerprint density at radius 2 is 2.00 bits per heavy atom. The molecule has 0 atom stereocenters. The van der Waals surface area contributed by atoms with E-state index in [1.54, 1.807) is 36.1 Å². The molecule has 0 saturated heterocycles. The summed E-state index contributed by atoms with van der Waals surface area (Å²) < 4.78 is 33.7. The third kappa shape index (κ3) is 4.52. The van der Waals surface area contributed by atoms with Gasteiger partial charge in [0.05, 0.1) is 12.1 Å². The van der Waals surface area contributed by atoms with Gasteiger partial charge in [0.2, 0.25) is 5.91 Å². The van der Waals surface area contributed by atoms with E-state index < -0.39 is 11.6 Å². The van der Waals surface area contributed by atoms with Crippen LogP contribution in [0.15, 0.2) is 48.7 Å². The first-order valence-corrected chi connectivity index (χ1v) is 8.67. The molecule has 1 heterocycles. The van der Waals surface area contributed by atoms with Gasteiger partial charge in [-0.05, 0) is 42.0 Å². The maximum atomic E-state index is 13.3. The van der Waals surface area contributed by atoms with Crippen molar-refractivity contribution in [2.45, 2.75) is 6.42 Å². The standard InChI is InChI=1S/C20H20F2N4O2/c1-26-18(6-8-24-26)15-12-14(3-5-19(15)28-9-7-23)25-20(27)11-13-2-4-16(21)17(22)10-13/h2-6,8,10,12H,7,9,11,23H2,1H3,(H,25,27). The molecule has 0 bridgehead atoms. The van der Waals surface area contributed by atoms with Crippen LogP contribution in [0, 0.1) is 11.6 Å². The summed E-state index contributed by atoms with van der Waals surface area (Å²) in [5.41, 5.74) is 8.00. The lowest BCUT2D eigenvalue weighted by Gasteiger charge is -2.14. The van der Waals surface area contributed by atoms with Gasteiger partial charge in [-0.25, -0.2) is 8.78 Å². The SMILES string of the molecule is Cn1nccc1-c1cc(NC(=O)Cc2ccc(F)c(F)c2)ccc1OCCN. The first-order valence-electron chi connectivity index (χ1n) is 8.67. The number of carbonyl (C=O) groups is 1. The van der Waals surface area contributed by atoms with Crippen LogP contribution in [0.4, 0.5) is 14.5 Å². The number of ether oxygens (including phenoxy) is 1. The van der Waals surface area contributed by atoms with Crippen LogP contribution < -0.4 is 15.8 Å². The number of rotatable bonds is 7. The maximum Gasteiger partial charge on any atom is 0.228 e. The number of nitrogens with zero attached hydrogens (tertiary/aromatic N) is 2. The molecule has 0 radical (unpaired) electrons. The molecule has 8 heteroatoms. The van der Waals surface area contributed by atoms with Crippen molar-refractivity contribution in [1.82, 2.24) is 9.78 Å². The Morgan fingerprint density at radius 3 is 2.68 bits per heavy atom. The Morgan fingerprint density at radius 1 is 1.18 bits per heavy atom. The van der Waals surface area contributed by atoms with E-state index >= 15 is 0 Å². The molecule has 2 aromatic carbocycles. The Hall–Kier alpha value is -3.26. The van der Waals surface area contributed by atoms with Gasteiger partial charge in [-0.2, -0.15) is 5.10 Å². The molecule has 3 aromatic rings. The zero-order valence-corrected chi connectivity index (χ0v) is 15.3. The molecule has 0 aliphatic heterocycles. The van der Waals surface area contributed by atoms with Gasteiger partial charge >= 0.3 is 0 Å². The van der Waals surface area contributed by atoms with Crippen LogP contribution in [-0.2, 0) is 18.3 Å². The van der Waals surface area contributed by atoms with Crippen LogP contribution in [-0.4, -0.2) is 28.8 Å². The van der Waals surface area contributed by atoms with Gasteiger partial charge in [-0.15, -0.1) is 0 Å². The summed E-state index contributed by atoms with van der Waals surface area (Å²) >= 11 is 0. The van der Waals surface area contributed by atoms with E-state index in [0.29, 0.717) is 30.2 Å². The zero-order valence-electron chi connectivity index (χ0n) is 15.3. The quantitative estimate of drug-likeness (QED) is 0.654. The summed E-state index contributed by atoms with van der Waals surface area (Å²) in [7, 11) is 1.80. The highest BCUT2D eigenvalue weighted by Crippen LogP contribution is 2.32. The number of hydrogen-bond acceptors (Lipinski definition) is 4. The number of carbonyl (C=O) groups excluding carboxylic acids is 1. The van der Waals surface area contributed by atoms with Gasteiger partial charge in [-0.3, -0.25) is 9.48 Å². The van der Waals surface area contributed by atoms with Gasteiger partial charge in [0, 0.05) is 31.0 Å². The molecule has 1 amide bonds. The third-order valence-corrected chi connectivity index (χ3v) is 4.08. The fourth-order valence-electron chi connectivity index (χ4n) is 2.78. The number of nitrogens with two attached hydrogens (primary N) is 1. The Balaban J connectivity index is 1.80. The lowest BCUT2D eigenvalue weighted by molar-refractivity contribution is -0.115. The second-order valence-corrected chi connectivity index (χ2v) is 6.16. The topological polar surface area (TPSA) is 82.2 Å². The van der Waals surface area contributed by atoms with E-state index in [9.17, 15) is 13.6 Å². The number of anilines is 1. The van der Waals surface area contributed by atoms with Crippen molar-refractivity contribution in [3.8, 4) is 17.0 Å². The van der Waals surface area contributed by atoms with Crippen LogP contribution in [0.2, 0.25) is 0 Å². The molecule has 146 valence electrons. The number of aryl methyl sites for hydroxylation is 1. The smallest absolute Gasteiger partial charge is 0.228 e. The zero-order chi connectivity index (χ0) is 20.1. The minimum atomic E-state index is -0.981. The minimum absolute atomic E-state index is 0.0797. The summed E-state index contributed by atoms with van der Waals surface area (Å²) in [4.78, 5) is 12.3. The predicted molar refractivity (Wildman–Crippen MR) is 102 cm³/mol. The van der Waals surface area contributed by atoms with Gasteiger partial charge in [0.25, 0.3) is 0 Å². The average molecular weight is 386 g/mol. The molecule has 0 spiro atoms. The van der Waals surface area contributed by atoms with Crippen LogP contribution in [0.25, 0.3) is 11.3 Å². The predicted octanol–water partition coefficient (Wildman–Crippen LogP) is 2.88. The number of hydrogen-bond donors (Lipinski definition) is 2. The molecule has 28 heavy (non-hydrogen) atoms. The van der Waals surface area contributed by atoms with Crippen molar-refractivity contribution in [1.29, 1.82) is 0 Å². The molecular weight excluding hydrogens is 366 g/mol. The summed E-state index contributed by atoms with van der Waals surface area (Å²) in [6.07, 6.45) is 1.58. The number of aromatic nitrogens is 2. The normalized spacial score (nSPS) is 10.7. The monoisotopic (exact) mass is 386 g/mol. The minimum Gasteiger partial charge on any atom is -0.492 e. The van der Waals surface area contributed by atoms with Gasteiger partial charge in [0.15, 0.2) is 11.6 Å². The number of halogens is 2. The summed E-state index contributed by atoms with van der Waals surface area (Å²) in [5.74, 6) is -1.66. The van der Waals surface area contributed by atoms with E-state index in [4.69, 9.17) is 10.5 Å². The van der Waals surface area contributed by atoms with Crippen LogP contribution in [0.3, 0.4) is 0 Å². The van der Waals surface area contributed by atoms with E-state index in [2.05, 4.69) is 10.4 Å². The van der Waals surface area contributed by atoms with Gasteiger partial charge in [-0.1, -0.05) is 6.07 Å². The van der Waals surface area contributed by atoms with Crippen LogP contribution in [0.5, 0.6) is 5.75 Å². The van der Waals surface area contributed by atoms with Crippen LogP contribution >= 0.6 is 0 Å². The summed E-state index contributed by atoms with van der Waals surface area (Å²) in [6.45, 7) is 0.726. The van der Waals surface area contributed by atoms with E-state index in [1.807, 2.05) is 6.07 Å². The van der Waals surface area contributed by atoms with E-state index in [0.717, 1.165) is 23.4 Å². The Kier molecular flexibility index (Phi) is 6.00. The molecule has 3 rings (SSSR count). The molecule has 1 aromatic heterocycles. The van der Waals surface area contributed by atoms with Crippen molar-refractivity contribution in [3.05, 3.63) is 65.9 Å². The van der Waals surface area contributed by atoms with E-state index in [1.165, 1.54) is 6.07 Å². The molecule has 0 aliphatic rings. The average Bonchev–Trinajstić information content (AvgIpc) is 3.09. The Bertz CT molecular complexity index is 988. The van der Waals surface area contributed by atoms with Crippen LogP contribution in [0.1, 0.15) is 5.56 Å².